The Bertz CT molecular complexity index is 606. The standard InChI is InChI=1S/C12H8N2O3/c1-7-10(12(15)16)14-17-11(7)9-4-2-8(6-13)3-5-9/h2-5H,1H3,(H,15,16). The van der Waals surface area contributed by atoms with E-state index >= 15 is 0 Å². The third kappa shape index (κ3) is 1.88. The molecule has 1 aromatic heterocycles. The van der Waals surface area contributed by atoms with E-state index in [1.165, 1.54) is 0 Å². The molecule has 0 aliphatic rings. The van der Waals surface area contributed by atoms with Gasteiger partial charge in [0.25, 0.3) is 0 Å². The van der Waals surface area contributed by atoms with Gasteiger partial charge in [0.2, 0.25) is 0 Å². The molecule has 84 valence electrons. The van der Waals surface area contributed by atoms with Gasteiger partial charge >= 0.3 is 5.97 Å². The SMILES string of the molecule is Cc1c(C(=O)O)noc1-c1ccc(C#N)cc1. The van der Waals surface area contributed by atoms with Crippen LogP contribution < -0.4 is 0 Å². The van der Waals surface area contributed by atoms with Crippen LogP contribution >= 0.6 is 0 Å². The van der Waals surface area contributed by atoms with Gasteiger partial charge in [-0.3, -0.25) is 0 Å². The monoisotopic (exact) mass is 228 g/mol. The molecule has 2 aromatic rings. The highest BCUT2D eigenvalue weighted by atomic mass is 16.5. The molecule has 0 saturated heterocycles. The summed E-state index contributed by atoms with van der Waals surface area (Å²) in [6.45, 7) is 1.63. The molecule has 1 aromatic carbocycles. The number of aromatic nitrogens is 1. The van der Waals surface area contributed by atoms with Gasteiger partial charge in [0.05, 0.1) is 11.6 Å². The number of benzene rings is 1. The number of hydrogen-bond acceptors (Lipinski definition) is 4. The fraction of sp³-hybridized carbons (Fsp3) is 0.0833. The Hall–Kier alpha value is -2.61. The number of carboxylic acid groups (broad SMARTS) is 1. The van der Waals surface area contributed by atoms with Gasteiger partial charge in [-0.1, -0.05) is 5.16 Å². The number of nitrogens with zero attached hydrogens (tertiary/aromatic N) is 2. The highest BCUT2D eigenvalue weighted by Crippen LogP contribution is 2.25. The van der Waals surface area contributed by atoms with Crippen molar-refractivity contribution in [2.75, 3.05) is 0 Å². The number of carbonyl (C=O) groups is 1. The van der Waals surface area contributed by atoms with Gasteiger partial charge in [-0.2, -0.15) is 5.26 Å². The molecule has 5 heteroatoms. The van der Waals surface area contributed by atoms with Crippen molar-refractivity contribution in [3.05, 3.63) is 41.1 Å². The molecule has 0 spiro atoms. The number of aromatic carboxylic acids is 1. The first kappa shape index (κ1) is 10.9. The number of nitriles is 1. The summed E-state index contributed by atoms with van der Waals surface area (Å²) < 4.78 is 5.00. The summed E-state index contributed by atoms with van der Waals surface area (Å²) in [5.41, 5.74) is 1.61. The molecule has 0 saturated carbocycles. The van der Waals surface area contributed by atoms with Gasteiger partial charge in [0.15, 0.2) is 11.5 Å². The van der Waals surface area contributed by atoms with Gasteiger partial charge < -0.3 is 9.63 Å². The lowest BCUT2D eigenvalue weighted by molar-refractivity contribution is 0.0685. The van der Waals surface area contributed by atoms with E-state index in [1.54, 1.807) is 31.2 Å². The molecule has 0 amide bonds. The summed E-state index contributed by atoms with van der Waals surface area (Å²) in [6.07, 6.45) is 0. The van der Waals surface area contributed by atoms with E-state index in [2.05, 4.69) is 5.16 Å². The minimum absolute atomic E-state index is 0.0932. The average molecular weight is 228 g/mol. The van der Waals surface area contributed by atoms with Crippen molar-refractivity contribution in [1.82, 2.24) is 5.16 Å². The van der Waals surface area contributed by atoms with Crippen molar-refractivity contribution in [3.8, 4) is 17.4 Å². The Morgan fingerprint density at radius 3 is 2.53 bits per heavy atom. The second-order valence-electron chi connectivity index (χ2n) is 3.48. The Balaban J connectivity index is 2.47. The van der Waals surface area contributed by atoms with Crippen LogP contribution in [0.15, 0.2) is 28.8 Å². The van der Waals surface area contributed by atoms with Crippen LogP contribution in [0.25, 0.3) is 11.3 Å². The van der Waals surface area contributed by atoms with Crippen molar-refractivity contribution in [2.24, 2.45) is 0 Å². The minimum atomic E-state index is -1.12. The molecule has 0 bridgehead atoms. The third-order valence-corrected chi connectivity index (χ3v) is 2.40. The maximum atomic E-state index is 10.8. The van der Waals surface area contributed by atoms with Gasteiger partial charge in [0, 0.05) is 11.1 Å². The van der Waals surface area contributed by atoms with Crippen LogP contribution in [-0.2, 0) is 0 Å². The molecule has 2 rings (SSSR count). The fourth-order valence-electron chi connectivity index (χ4n) is 1.50. The number of rotatable bonds is 2. The van der Waals surface area contributed by atoms with Gasteiger partial charge in [0.1, 0.15) is 0 Å². The van der Waals surface area contributed by atoms with E-state index in [1.807, 2.05) is 6.07 Å². The largest absolute Gasteiger partial charge is 0.476 e. The van der Waals surface area contributed by atoms with E-state index in [0.717, 1.165) is 0 Å². The molecule has 1 N–H and O–H groups in total. The highest BCUT2D eigenvalue weighted by molar-refractivity contribution is 5.88. The molecule has 0 unspecified atom stereocenters. The van der Waals surface area contributed by atoms with Gasteiger partial charge in [-0.05, 0) is 31.2 Å². The molecule has 1 heterocycles. The molecule has 0 radical (unpaired) electrons. The van der Waals surface area contributed by atoms with Crippen molar-refractivity contribution in [1.29, 1.82) is 5.26 Å². The first-order valence-corrected chi connectivity index (χ1v) is 4.83. The topological polar surface area (TPSA) is 87.1 Å². The minimum Gasteiger partial charge on any atom is -0.476 e. The summed E-state index contributed by atoms with van der Waals surface area (Å²) >= 11 is 0. The van der Waals surface area contributed by atoms with Gasteiger partial charge in [-0.15, -0.1) is 0 Å². The van der Waals surface area contributed by atoms with Crippen LogP contribution in [0.3, 0.4) is 0 Å². The van der Waals surface area contributed by atoms with Crippen LogP contribution in [0.1, 0.15) is 21.6 Å². The lowest BCUT2D eigenvalue weighted by Crippen LogP contribution is -1.98. The fourth-order valence-corrected chi connectivity index (χ4v) is 1.50. The maximum Gasteiger partial charge on any atom is 0.358 e. The first-order valence-electron chi connectivity index (χ1n) is 4.83. The summed E-state index contributed by atoms with van der Waals surface area (Å²) in [7, 11) is 0. The van der Waals surface area contributed by atoms with Crippen molar-refractivity contribution >= 4 is 5.97 Å². The molecule has 0 fully saturated rings. The highest BCUT2D eigenvalue weighted by Gasteiger charge is 2.18. The molecular weight excluding hydrogens is 220 g/mol. The zero-order valence-electron chi connectivity index (χ0n) is 8.97. The van der Waals surface area contributed by atoms with E-state index in [-0.39, 0.29) is 5.69 Å². The quantitative estimate of drug-likeness (QED) is 0.851. The Kier molecular flexibility index (Phi) is 2.63. The van der Waals surface area contributed by atoms with Gasteiger partial charge in [-0.25, -0.2) is 4.79 Å². The van der Waals surface area contributed by atoms with E-state index in [9.17, 15) is 4.79 Å². The second-order valence-corrected chi connectivity index (χ2v) is 3.48. The lowest BCUT2D eigenvalue weighted by Gasteiger charge is -1.97. The summed E-state index contributed by atoms with van der Waals surface area (Å²) in [5, 5.41) is 21.0. The molecule has 5 nitrogen and oxygen atoms in total. The zero-order chi connectivity index (χ0) is 12.4. The first-order chi connectivity index (χ1) is 8.13. The Labute approximate surface area is 96.9 Å². The number of hydrogen-bond donors (Lipinski definition) is 1. The molecular formula is C12H8N2O3. The maximum absolute atomic E-state index is 10.8. The van der Waals surface area contributed by atoms with Crippen LogP contribution in [0.2, 0.25) is 0 Å². The van der Waals surface area contributed by atoms with Crippen LogP contribution in [0, 0.1) is 18.3 Å². The summed E-state index contributed by atoms with van der Waals surface area (Å²) in [4.78, 5) is 10.8. The molecule has 0 aliphatic heterocycles. The molecule has 0 aliphatic carbocycles. The Morgan fingerprint density at radius 2 is 2.06 bits per heavy atom. The van der Waals surface area contributed by atoms with E-state index in [0.29, 0.717) is 22.5 Å². The predicted octanol–water partition coefficient (Wildman–Crippen LogP) is 2.22. The Morgan fingerprint density at radius 1 is 1.41 bits per heavy atom. The lowest BCUT2D eigenvalue weighted by atomic mass is 10.1. The van der Waals surface area contributed by atoms with E-state index < -0.39 is 5.97 Å². The zero-order valence-corrected chi connectivity index (χ0v) is 8.97. The van der Waals surface area contributed by atoms with Crippen LogP contribution in [-0.4, -0.2) is 16.2 Å². The van der Waals surface area contributed by atoms with Crippen LogP contribution in [0.4, 0.5) is 0 Å². The smallest absolute Gasteiger partial charge is 0.358 e. The van der Waals surface area contributed by atoms with Crippen molar-refractivity contribution in [2.45, 2.75) is 6.92 Å². The predicted molar refractivity (Wildman–Crippen MR) is 58.4 cm³/mol. The van der Waals surface area contributed by atoms with Crippen LogP contribution in [0.5, 0.6) is 0 Å². The average Bonchev–Trinajstić information content (AvgIpc) is 2.71. The normalized spacial score (nSPS) is 9.88. The molecule has 17 heavy (non-hydrogen) atoms. The summed E-state index contributed by atoms with van der Waals surface area (Å²) in [5.74, 6) is -0.710. The third-order valence-electron chi connectivity index (χ3n) is 2.40. The molecule has 0 atom stereocenters. The number of carboxylic acids is 1. The van der Waals surface area contributed by atoms with Crippen molar-refractivity contribution in [3.63, 3.8) is 0 Å². The van der Waals surface area contributed by atoms with E-state index in [4.69, 9.17) is 14.9 Å². The summed E-state index contributed by atoms with van der Waals surface area (Å²) in [6, 6.07) is 8.66. The van der Waals surface area contributed by atoms with Crippen molar-refractivity contribution < 1.29 is 14.4 Å². The second kappa shape index (κ2) is 4.10.